The molecule has 4 heteroatoms. The third-order valence-electron chi connectivity index (χ3n) is 4.30. The second kappa shape index (κ2) is 7.29. The number of carbonyl (C=O) groups excluding carboxylic acids is 1. The van der Waals surface area contributed by atoms with Gasteiger partial charge in [0.1, 0.15) is 5.75 Å². The zero-order chi connectivity index (χ0) is 14.5. The van der Waals surface area contributed by atoms with Crippen molar-refractivity contribution in [3.63, 3.8) is 0 Å². The molecule has 0 aliphatic heterocycles. The number of carbonyl (C=O) groups is 1. The molecule has 2 N–H and O–H groups in total. The largest absolute Gasteiger partial charge is 0.507 e. The Labute approximate surface area is 134 Å². The number of rotatable bonds is 4. The van der Waals surface area contributed by atoms with Gasteiger partial charge in [-0.15, -0.1) is 0 Å². The number of phenols is 1. The van der Waals surface area contributed by atoms with Crippen molar-refractivity contribution in [1.29, 1.82) is 0 Å². The molecule has 1 saturated carbocycles. The molecule has 0 radical (unpaired) electrons. The Hall–Kier alpha value is -0.780. The van der Waals surface area contributed by atoms with Gasteiger partial charge in [0.05, 0.1) is 3.57 Å². The van der Waals surface area contributed by atoms with E-state index in [2.05, 4.69) is 12.2 Å². The maximum Gasteiger partial charge on any atom is 0.251 e. The normalized spacial score (nSPS) is 22.5. The lowest BCUT2D eigenvalue weighted by molar-refractivity contribution is 0.0941. The predicted octanol–water partition coefficient (Wildman–Crippen LogP) is 3.94. The third-order valence-corrected chi connectivity index (χ3v) is 5.22. The van der Waals surface area contributed by atoms with Gasteiger partial charge in [0.2, 0.25) is 0 Å². The van der Waals surface area contributed by atoms with Crippen LogP contribution in [-0.4, -0.2) is 17.6 Å². The SMILES string of the molecule is CCC1CCC(CNC(=O)c2ccc(I)c(O)c2)CC1. The Bertz CT molecular complexity index is 468. The van der Waals surface area contributed by atoms with Gasteiger partial charge in [0.15, 0.2) is 0 Å². The molecule has 0 aromatic heterocycles. The number of benzene rings is 1. The summed E-state index contributed by atoms with van der Waals surface area (Å²) in [7, 11) is 0. The molecule has 0 unspecified atom stereocenters. The van der Waals surface area contributed by atoms with E-state index in [1.807, 2.05) is 22.6 Å². The van der Waals surface area contributed by atoms with Gasteiger partial charge in [-0.3, -0.25) is 4.79 Å². The van der Waals surface area contributed by atoms with Crippen LogP contribution in [0.2, 0.25) is 0 Å². The van der Waals surface area contributed by atoms with E-state index in [0.717, 1.165) is 16.0 Å². The van der Waals surface area contributed by atoms with E-state index in [1.165, 1.54) is 38.2 Å². The van der Waals surface area contributed by atoms with Gasteiger partial charge in [-0.05, 0) is 65.5 Å². The van der Waals surface area contributed by atoms with Crippen molar-refractivity contribution in [1.82, 2.24) is 5.32 Å². The molecule has 0 bridgehead atoms. The maximum absolute atomic E-state index is 12.0. The number of hydrogen-bond acceptors (Lipinski definition) is 2. The van der Waals surface area contributed by atoms with Gasteiger partial charge in [0, 0.05) is 12.1 Å². The zero-order valence-electron chi connectivity index (χ0n) is 11.9. The lowest BCUT2D eigenvalue weighted by Gasteiger charge is -2.27. The highest BCUT2D eigenvalue weighted by molar-refractivity contribution is 14.1. The topological polar surface area (TPSA) is 49.3 Å². The second-order valence-electron chi connectivity index (χ2n) is 5.67. The molecule has 1 aromatic carbocycles. The molecule has 0 spiro atoms. The highest BCUT2D eigenvalue weighted by Gasteiger charge is 2.20. The minimum atomic E-state index is -0.0886. The minimum Gasteiger partial charge on any atom is -0.507 e. The first kappa shape index (κ1) is 15.6. The van der Waals surface area contributed by atoms with E-state index in [-0.39, 0.29) is 11.7 Å². The van der Waals surface area contributed by atoms with Crippen LogP contribution >= 0.6 is 22.6 Å². The summed E-state index contributed by atoms with van der Waals surface area (Å²) in [6.07, 6.45) is 6.30. The van der Waals surface area contributed by atoms with E-state index < -0.39 is 0 Å². The number of amides is 1. The second-order valence-corrected chi connectivity index (χ2v) is 6.83. The summed E-state index contributed by atoms with van der Waals surface area (Å²) in [5.41, 5.74) is 0.533. The van der Waals surface area contributed by atoms with Gasteiger partial charge in [-0.1, -0.05) is 26.2 Å². The van der Waals surface area contributed by atoms with Crippen molar-refractivity contribution >= 4 is 28.5 Å². The maximum atomic E-state index is 12.0. The Morgan fingerprint density at radius 3 is 2.55 bits per heavy atom. The van der Waals surface area contributed by atoms with Crippen molar-refractivity contribution in [2.24, 2.45) is 11.8 Å². The molecule has 20 heavy (non-hydrogen) atoms. The van der Waals surface area contributed by atoms with Gasteiger partial charge in [-0.2, -0.15) is 0 Å². The van der Waals surface area contributed by atoms with Crippen LogP contribution in [0.25, 0.3) is 0 Å². The van der Waals surface area contributed by atoms with E-state index in [4.69, 9.17) is 0 Å². The van der Waals surface area contributed by atoms with Crippen LogP contribution in [0.1, 0.15) is 49.4 Å². The molecule has 3 nitrogen and oxygen atoms in total. The van der Waals surface area contributed by atoms with Crippen LogP contribution in [0.3, 0.4) is 0 Å². The zero-order valence-corrected chi connectivity index (χ0v) is 14.0. The van der Waals surface area contributed by atoms with Gasteiger partial charge >= 0.3 is 0 Å². The van der Waals surface area contributed by atoms with E-state index in [0.29, 0.717) is 11.5 Å². The Morgan fingerprint density at radius 2 is 1.95 bits per heavy atom. The molecule has 110 valence electrons. The van der Waals surface area contributed by atoms with Crippen LogP contribution < -0.4 is 5.32 Å². The molecule has 1 aromatic rings. The first-order valence-electron chi connectivity index (χ1n) is 7.36. The summed E-state index contributed by atoms with van der Waals surface area (Å²) in [4.78, 5) is 12.0. The van der Waals surface area contributed by atoms with Crippen molar-refractivity contribution < 1.29 is 9.90 Å². The molecule has 0 saturated heterocycles. The summed E-state index contributed by atoms with van der Waals surface area (Å²) in [5, 5.41) is 12.6. The quantitative estimate of drug-likeness (QED) is 0.769. The Morgan fingerprint density at radius 1 is 1.30 bits per heavy atom. The summed E-state index contributed by atoms with van der Waals surface area (Å²) in [6.45, 7) is 3.01. The summed E-state index contributed by atoms with van der Waals surface area (Å²) >= 11 is 2.04. The fourth-order valence-electron chi connectivity index (χ4n) is 2.84. The van der Waals surface area contributed by atoms with Crippen molar-refractivity contribution in [3.05, 3.63) is 27.3 Å². The van der Waals surface area contributed by atoms with Gasteiger partial charge in [-0.25, -0.2) is 0 Å². The summed E-state index contributed by atoms with van der Waals surface area (Å²) < 4.78 is 0.761. The van der Waals surface area contributed by atoms with Crippen molar-refractivity contribution in [2.75, 3.05) is 6.54 Å². The monoisotopic (exact) mass is 387 g/mol. The Kier molecular flexibility index (Phi) is 5.69. The number of halogens is 1. The fraction of sp³-hybridized carbons (Fsp3) is 0.562. The van der Waals surface area contributed by atoms with Crippen molar-refractivity contribution in [2.45, 2.75) is 39.0 Å². The van der Waals surface area contributed by atoms with E-state index >= 15 is 0 Å². The van der Waals surface area contributed by atoms with E-state index in [9.17, 15) is 9.90 Å². The molecule has 0 atom stereocenters. The van der Waals surface area contributed by atoms with Crippen LogP contribution in [0.4, 0.5) is 0 Å². The molecule has 2 rings (SSSR count). The molecular weight excluding hydrogens is 365 g/mol. The fourth-order valence-corrected chi connectivity index (χ4v) is 3.17. The van der Waals surface area contributed by atoms with Crippen LogP contribution in [0.5, 0.6) is 5.75 Å². The number of aromatic hydroxyl groups is 1. The standard InChI is InChI=1S/C16H22INO2/c1-2-11-3-5-12(6-4-11)10-18-16(20)13-7-8-14(17)15(19)9-13/h7-9,11-12,19H,2-6,10H2,1H3,(H,18,20). The third kappa shape index (κ3) is 4.11. The van der Waals surface area contributed by atoms with Crippen molar-refractivity contribution in [3.8, 4) is 5.75 Å². The molecule has 1 amide bonds. The summed E-state index contributed by atoms with van der Waals surface area (Å²) in [6, 6.07) is 5.05. The average molecular weight is 387 g/mol. The smallest absolute Gasteiger partial charge is 0.251 e. The Balaban J connectivity index is 1.82. The molecule has 0 heterocycles. The lowest BCUT2D eigenvalue weighted by Crippen LogP contribution is -2.31. The molecule has 1 fully saturated rings. The number of phenolic OH excluding ortho intramolecular Hbond substituents is 1. The van der Waals surface area contributed by atoms with Crippen LogP contribution in [-0.2, 0) is 0 Å². The molecule has 1 aliphatic rings. The number of hydrogen-bond donors (Lipinski definition) is 2. The summed E-state index contributed by atoms with van der Waals surface area (Å²) in [5.74, 6) is 1.57. The van der Waals surface area contributed by atoms with Gasteiger partial charge < -0.3 is 10.4 Å². The predicted molar refractivity (Wildman–Crippen MR) is 88.9 cm³/mol. The van der Waals surface area contributed by atoms with Gasteiger partial charge in [0.25, 0.3) is 5.91 Å². The lowest BCUT2D eigenvalue weighted by atomic mass is 9.81. The highest BCUT2D eigenvalue weighted by atomic mass is 127. The van der Waals surface area contributed by atoms with E-state index in [1.54, 1.807) is 12.1 Å². The minimum absolute atomic E-state index is 0.0886. The molecule has 1 aliphatic carbocycles. The van der Waals surface area contributed by atoms with Crippen LogP contribution in [0.15, 0.2) is 18.2 Å². The molecular formula is C16H22INO2. The first-order chi connectivity index (χ1) is 9.60. The van der Waals surface area contributed by atoms with Crippen LogP contribution in [0, 0.1) is 15.4 Å². The average Bonchev–Trinajstić information content (AvgIpc) is 2.48. The first-order valence-corrected chi connectivity index (χ1v) is 8.44. The highest BCUT2D eigenvalue weighted by Crippen LogP contribution is 2.30. The number of nitrogens with one attached hydrogen (secondary N) is 1.